The van der Waals surface area contributed by atoms with Gasteiger partial charge in [-0.2, -0.15) is 5.10 Å². The van der Waals surface area contributed by atoms with E-state index in [4.69, 9.17) is 0 Å². The lowest BCUT2D eigenvalue weighted by molar-refractivity contribution is 0.0584. The van der Waals surface area contributed by atoms with E-state index < -0.39 is 5.60 Å². The van der Waals surface area contributed by atoms with Gasteiger partial charge in [0, 0.05) is 19.5 Å². The molecular formula is C11H20N4O. The molecule has 5 heteroatoms. The molecule has 0 aromatic carbocycles. The molecule has 0 bridgehead atoms. The first-order valence-corrected chi connectivity index (χ1v) is 5.89. The van der Waals surface area contributed by atoms with Gasteiger partial charge in [-0.1, -0.05) is 13.8 Å². The standard InChI is InChI=1S/C11H20N4O/c1-9(2)6-15-10(13-8-14-15)5-11(16)3-4-12-7-11/h8-9,12,16H,3-7H2,1-2H3. The number of aliphatic hydroxyl groups is 1. The first-order valence-electron chi connectivity index (χ1n) is 5.89. The van der Waals surface area contributed by atoms with Crippen LogP contribution >= 0.6 is 0 Å². The van der Waals surface area contributed by atoms with Crippen LogP contribution in [0.25, 0.3) is 0 Å². The Morgan fingerprint density at radius 2 is 2.44 bits per heavy atom. The first kappa shape index (κ1) is 11.5. The molecule has 5 nitrogen and oxygen atoms in total. The number of hydrogen-bond acceptors (Lipinski definition) is 4. The lowest BCUT2D eigenvalue weighted by Crippen LogP contribution is -2.35. The van der Waals surface area contributed by atoms with E-state index in [1.807, 2.05) is 4.68 Å². The molecule has 1 fully saturated rings. The van der Waals surface area contributed by atoms with Gasteiger partial charge in [0.2, 0.25) is 0 Å². The summed E-state index contributed by atoms with van der Waals surface area (Å²) in [6.07, 6.45) is 2.96. The Hall–Kier alpha value is -0.940. The second-order valence-corrected chi connectivity index (χ2v) is 5.08. The molecule has 0 saturated carbocycles. The minimum atomic E-state index is -0.637. The normalized spacial score (nSPS) is 25.5. The summed E-state index contributed by atoms with van der Waals surface area (Å²) in [5.74, 6) is 1.43. The van der Waals surface area contributed by atoms with Crippen molar-refractivity contribution in [3.8, 4) is 0 Å². The summed E-state index contributed by atoms with van der Waals surface area (Å²) in [4.78, 5) is 4.24. The average molecular weight is 224 g/mol. The molecule has 2 heterocycles. The van der Waals surface area contributed by atoms with Crippen molar-refractivity contribution in [3.05, 3.63) is 12.2 Å². The molecule has 2 rings (SSSR count). The van der Waals surface area contributed by atoms with Gasteiger partial charge in [0.25, 0.3) is 0 Å². The number of nitrogens with one attached hydrogen (secondary N) is 1. The molecule has 2 N–H and O–H groups in total. The zero-order valence-electron chi connectivity index (χ0n) is 9.98. The molecule has 1 aliphatic rings. The molecule has 16 heavy (non-hydrogen) atoms. The van der Waals surface area contributed by atoms with Gasteiger partial charge in [-0.05, 0) is 18.9 Å². The van der Waals surface area contributed by atoms with E-state index in [2.05, 4.69) is 29.2 Å². The molecular weight excluding hydrogens is 204 g/mol. The molecule has 1 unspecified atom stereocenters. The largest absolute Gasteiger partial charge is 0.388 e. The fraction of sp³-hybridized carbons (Fsp3) is 0.818. The first-order chi connectivity index (χ1) is 7.59. The van der Waals surface area contributed by atoms with E-state index >= 15 is 0 Å². The van der Waals surface area contributed by atoms with E-state index in [0.29, 0.717) is 18.9 Å². The van der Waals surface area contributed by atoms with E-state index in [9.17, 15) is 5.11 Å². The molecule has 1 aromatic rings. The van der Waals surface area contributed by atoms with Crippen molar-refractivity contribution >= 4 is 0 Å². The van der Waals surface area contributed by atoms with Crippen LogP contribution < -0.4 is 5.32 Å². The van der Waals surface area contributed by atoms with Gasteiger partial charge < -0.3 is 10.4 Å². The van der Waals surface area contributed by atoms with Crippen LogP contribution in [0.1, 0.15) is 26.1 Å². The summed E-state index contributed by atoms with van der Waals surface area (Å²) in [7, 11) is 0. The van der Waals surface area contributed by atoms with Crippen LogP contribution in [0.15, 0.2) is 6.33 Å². The summed E-state index contributed by atoms with van der Waals surface area (Å²) in [5, 5.41) is 17.7. The van der Waals surface area contributed by atoms with E-state index in [-0.39, 0.29) is 0 Å². The van der Waals surface area contributed by atoms with Gasteiger partial charge in [0.05, 0.1) is 5.60 Å². The fourth-order valence-corrected chi connectivity index (χ4v) is 2.10. The third-order valence-electron chi connectivity index (χ3n) is 2.94. The number of β-amino-alcohol motifs (C(OH)–C–C–N with tert-alkyl or cyclic N) is 1. The van der Waals surface area contributed by atoms with Crippen LogP contribution in [-0.2, 0) is 13.0 Å². The minimum Gasteiger partial charge on any atom is -0.388 e. The molecule has 0 spiro atoms. The molecule has 0 aliphatic carbocycles. The van der Waals surface area contributed by atoms with Crippen LogP contribution in [-0.4, -0.2) is 38.6 Å². The second-order valence-electron chi connectivity index (χ2n) is 5.08. The Bertz CT molecular complexity index is 342. The Kier molecular flexibility index (Phi) is 3.25. The highest BCUT2D eigenvalue weighted by Crippen LogP contribution is 2.19. The minimum absolute atomic E-state index is 0.539. The lowest BCUT2D eigenvalue weighted by Gasteiger charge is -2.21. The number of hydrogen-bond donors (Lipinski definition) is 2. The van der Waals surface area contributed by atoms with Crippen LogP contribution in [0, 0.1) is 5.92 Å². The van der Waals surface area contributed by atoms with Crippen molar-refractivity contribution in [3.63, 3.8) is 0 Å². The smallest absolute Gasteiger partial charge is 0.138 e. The summed E-state index contributed by atoms with van der Waals surface area (Å²) >= 11 is 0. The lowest BCUT2D eigenvalue weighted by atomic mass is 9.98. The maximum Gasteiger partial charge on any atom is 0.138 e. The summed E-state index contributed by atoms with van der Waals surface area (Å²) in [5.41, 5.74) is -0.637. The molecule has 1 aliphatic heterocycles. The van der Waals surface area contributed by atoms with Crippen molar-refractivity contribution in [1.82, 2.24) is 20.1 Å². The fourth-order valence-electron chi connectivity index (χ4n) is 2.10. The molecule has 0 radical (unpaired) electrons. The third kappa shape index (κ3) is 2.59. The van der Waals surface area contributed by atoms with Crippen molar-refractivity contribution in [1.29, 1.82) is 0 Å². The maximum atomic E-state index is 10.3. The van der Waals surface area contributed by atoms with Crippen LogP contribution in [0.3, 0.4) is 0 Å². The SMILES string of the molecule is CC(C)Cn1ncnc1CC1(O)CCNC1. The molecule has 1 atom stereocenters. The molecule has 1 saturated heterocycles. The van der Waals surface area contributed by atoms with Crippen LogP contribution in [0.5, 0.6) is 0 Å². The third-order valence-corrected chi connectivity index (χ3v) is 2.94. The Labute approximate surface area is 95.9 Å². The van der Waals surface area contributed by atoms with Crippen LogP contribution in [0.4, 0.5) is 0 Å². The van der Waals surface area contributed by atoms with Gasteiger partial charge in [-0.25, -0.2) is 9.67 Å². The zero-order valence-corrected chi connectivity index (χ0v) is 9.98. The molecule has 1 aromatic heterocycles. The highest BCUT2D eigenvalue weighted by Gasteiger charge is 2.32. The Balaban J connectivity index is 2.06. The van der Waals surface area contributed by atoms with Crippen molar-refractivity contribution < 1.29 is 5.11 Å². The van der Waals surface area contributed by atoms with E-state index in [1.54, 1.807) is 6.33 Å². The summed E-state index contributed by atoms with van der Waals surface area (Å²) < 4.78 is 1.90. The van der Waals surface area contributed by atoms with Crippen molar-refractivity contribution in [2.45, 2.75) is 38.8 Å². The Morgan fingerprint density at radius 3 is 3.06 bits per heavy atom. The quantitative estimate of drug-likeness (QED) is 0.767. The van der Waals surface area contributed by atoms with Crippen LogP contribution in [0.2, 0.25) is 0 Å². The average Bonchev–Trinajstić information content (AvgIpc) is 2.77. The zero-order chi connectivity index (χ0) is 11.6. The number of nitrogens with zero attached hydrogens (tertiary/aromatic N) is 3. The molecule has 90 valence electrons. The topological polar surface area (TPSA) is 63.0 Å². The predicted octanol–water partition coefficient (Wildman–Crippen LogP) is 0.201. The van der Waals surface area contributed by atoms with Gasteiger partial charge in [-0.15, -0.1) is 0 Å². The second kappa shape index (κ2) is 4.51. The maximum absolute atomic E-state index is 10.3. The van der Waals surface area contributed by atoms with Gasteiger partial charge in [0.1, 0.15) is 12.2 Å². The van der Waals surface area contributed by atoms with Gasteiger partial charge in [0.15, 0.2) is 0 Å². The summed E-state index contributed by atoms with van der Waals surface area (Å²) in [6.45, 7) is 6.70. The van der Waals surface area contributed by atoms with Gasteiger partial charge >= 0.3 is 0 Å². The summed E-state index contributed by atoms with van der Waals surface area (Å²) in [6, 6.07) is 0. The molecule has 0 amide bonds. The highest BCUT2D eigenvalue weighted by molar-refractivity contribution is 4.99. The van der Waals surface area contributed by atoms with Crippen molar-refractivity contribution in [2.24, 2.45) is 5.92 Å². The van der Waals surface area contributed by atoms with Gasteiger partial charge in [-0.3, -0.25) is 0 Å². The predicted molar refractivity (Wildman–Crippen MR) is 61.0 cm³/mol. The number of aromatic nitrogens is 3. The van der Waals surface area contributed by atoms with E-state index in [1.165, 1.54) is 0 Å². The number of rotatable bonds is 4. The van der Waals surface area contributed by atoms with E-state index in [0.717, 1.165) is 25.3 Å². The highest BCUT2D eigenvalue weighted by atomic mass is 16.3. The monoisotopic (exact) mass is 224 g/mol. The Morgan fingerprint density at radius 1 is 1.62 bits per heavy atom. The van der Waals surface area contributed by atoms with Crippen molar-refractivity contribution in [2.75, 3.05) is 13.1 Å².